The molecule has 2 atom stereocenters. The topological polar surface area (TPSA) is 9.23 Å². The Balaban J connectivity index is 1.67. The van der Waals surface area contributed by atoms with Crippen LogP contribution in [-0.4, -0.2) is 12.5 Å². The minimum Gasteiger partial charge on any atom is -0.367 e. The van der Waals surface area contributed by atoms with Crippen LogP contribution in [-0.2, 0) is 4.74 Å². The number of hydrogen-bond acceptors (Lipinski definition) is 1. The van der Waals surface area contributed by atoms with Gasteiger partial charge < -0.3 is 4.74 Å². The molecule has 1 heterocycles. The van der Waals surface area contributed by atoms with Gasteiger partial charge in [0.25, 0.3) is 5.92 Å². The molecule has 2 fully saturated rings. The molecule has 0 radical (unpaired) electrons. The molecule has 1 saturated heterocycles. The average molecular weight is 376 g/mol. The van der Waals surface area contributed by atoms with Crippen LogP contribution in [0.4, 0.5) is 22.0 Å². The number of halogens is 5. The lowest BCUT2D eigenvalue weighted by molar-refractivity contribution is -0.201. The fourth-order valence-corrected chi connectivity index (χ4v) is 4.58. The van der Waals surface area contributed by atoms with Crippen molar-refractivity contribution in [2.75, 3.05) is 6.61 Å². The van der Waals surface area contributed by atoms with Gasteiger partial charge in [-0.1, -0.05) is 32.6 Å². The Morgan fingerprint density at radius 3 is 2.15 bits per heavy atom. The summed E-state index contributed by atoms with van der Waals surface area (Å²) in [4.78, 5) is 0. The van der Waals surface area contributed by atoms with Gasteiger partial charge in [-0.25, -0.2) is 22.0 Å². The van der Waals surface area contributed by atoms with E-state index in [1.165, 1.54) is 6.42 Å². The van der Waals surface area contributed by atoms with E-state index < -0.39 is 29.5 Å². The molecule has 1 aromatic rings. The summed E-state index contributed by atoms with van der Waals surface area (Å²) < 4.78 is 74.6. The molecule has 0 spiro atoms. The van der Waals surface area contributed by atoms with Crippen LogP contribution in [0.2, 0.25) is 0 Å². The maximum absolute atomic E-state index is 14.7. The van der Waals surface area contributed by atoms with Gasteiger partial charge in [0, 0.05) is 6.42 Å². The lowest BCUT2D eigenvalue weighted by Gasteiger charge is -2.41. The molecule has 0 aromatic heterocycles. The zero-order chi connectivity index (χ0) is 18.9. The SMILES string of the molecule is CCCC1CCC(C2COC(c3cc(F)c(F)c(F)c3)C(F)(F)C2)CC1. The van der Waals surface area contributed by atoms with Crippen LogP contribution in [0, 0.1) is 35.2 Å². The van der Waals surface area contributed by atoms with Crippen molar-refractivity contribution in [2.45, 2.75) is 63.9 Å². The highest BCUT2D eigenvalue weighted by atomic mass is 19.3. The standard InChI is InChI=1S/C20H25F5O/c1-2-3-12-4-6-13(7-5-12)15-10-20(24,25)19(26-11-15)14-8-16(21)18(23)17(22)9-14/h8-9,12-13,15,19H,2-7,10-11H2,1H3. The third-order valence-corrected chi connectivity index (χ3v) is 5.96. The monoisotopic (exact) mass is 376 g/mol. The van der Waals surface area contributed by atoms with E-state index in [2.05, 4.69) is 6.92 Å². The average Bonchev–Trinajstić information content (AvgIpc) is 2.59. The van der Waals surface area contributed by atoms with Gasteiger partial charge in [0.05, 0.1) is 6.61 Å². The highest BCUT2D eigenvalue weighted by Gasteiger charge is 2.49. The van der Waals surface area contributed by atoms with E-state index >= 15 is 0 Å². The van der Waals surface area contributed by atoms with Gasteiger partial charge in [0.15, 0.2) is 17.5 Å². The van der Waals surface area contributed by atoms with Crippen molar-refractivity contribution in [3.63, 3.8) is 0 Å². The molecule has 0 amide bonds. The van der Waals surface area contributed by atoms with E-state index in [1.54, 1.807) is 0 Å². The van der Waals surface area contributed by atoms with Crippen LogP contribution in [0.1, 0.15) is 63.5 Å². The lowest BCUT2D eigenvalue weighted by atomic mass is 9.72. The van der Waals surface area contributed by atoms with Crippen LogP contribution < -0.4 is 0 Å². The van der Waals surface area contributed by atoms with Crippen molar-refractivity contribution in [2.24, 2.45) is 17.8 Å². The van der Waals surface area contributed by atoms with Crippen molar-refractivity contribution < 1.29 is 26.7 Å². The van der Waals surface area contributed by atoms with E-state index in [1.807, 2.05) is 0 Å². The highest BCUT2D eigenvalue weighted by Crippen LogP contribution is 2.48. The van der Waals surface area contributed by atoms with Crippen molar-refractivity contribution in [1.82, 2.24) is 0 Å². The summed E-state index contributed by atoms with van der Waals surface area (Å²) in [5, 5.41) is 0. The maximum Gasteiger partial charge on any atom is 0.278 e. The molecule has 146 valence electrons. The van der Waals surface area contributed by atoms with Gasteiger partial charge in [-0.2, -0.15) is 0 Å². The van der Waals surface area contributed by atoms with Gasteiger partial charge in [0.1, 0.15) is 6.10 Å². The summed E-state index contributed by atoms with van der Waals surface area (Å²) in [6.07, 6.45) is 4.23. The summed E-state index contributed by atoms with van der Waals surface area (Å²) in [6.45, 7) is 2.30. The Morgan fingerprint density at radius 2 is 1.62 bits per heavy atom. The molecule has 1 saturated carbocycles. The van der Waals surface area contributed by atoms with Crippen LogP contribution in [0.25, 0.3) is 0 Å². The van der Waals surface area contributed by atoms with Crippen LogP contribution >= 0.6 is 0 Å². The first-order valence-corrected chi connectivity index (χ1v) is 9.45. The molecule has 1 aliphatic heterocycles. The van der Waals surface area contributed by atoms with Crippen LogP contribution in [0.15, 0.2) is 12.1 Å². The first-order valence-electron chi connectivity index (χ1n) is 9.45. The predicted octanol–water partition coefficient (Wildman–Crippen LogP) is 6.42. The van der Waals surface area contributed by atoms with Gasteiger partial charge in [0.2, 0.25) is 0 Å². The number of ether oxygens (including phenoxy) is 1. The molecule has 3 rings (SSSR count). The number of hydrogen-bond donors (Lipinski definition) is 0. The summed E-state index contributed by atoms with van der Waals surface area (Å²) >= 11 is 0. The van der Waals surface area contributed by atoms with E-state index in [4.69, 9.17) is 4.74 Å². The molecule has 2 aliphatic rings. The Labute approximate surface area is 150 Å². The molecule has 26 heavy (non-hydrogen) atoms. The summed E-state index contributed by atoms with van der Waals surface area (Å²) in [6, 6.07) is 1.21. The molecule has 1 nitrogen and oxygen atoms in total. The second-order valence-electron chi connectivity index (χ2n) is 7.81. The zero-order valence-electron chi connectivity index (χ0n) is 14.9. The Kier molecular flexibility index (Phi) is 5.90. The highest BCUT2D eigenvalue weighted by molar-refractivity contribution is 5.24. The molecule has 0 bridgehead atoms. The van der Waals surface area contributed by atoms with E-state index in [9.17, 15) is 22.0 Å². The molecule has 1 aliphatic carbocycles. The predicted molar refractivity (Wildman–Crippen MR) is 88.4 cm³/mol. The van der Waals surface area contributed by atoms with Gasteiger partial charge in [-0.15, -0.1) is 0 Å². The smallest absolute Gasteiger partial charge is 0.278 e. The maximum atomic E-state index is 14.7. The van der Waals surface area contributed by atoms with E-state index in [-0.39, 0.29) is 30.4 Å². The largest absolute Gasteiger partial charge is 0.367 e. The summed E-state index contributed by atoms with van der Waals surface area (Å²) in [7, 11) is 0. The Morgan fingerprint density at radius 1 is 1.00 bits per heavy atom. The first-order chi connectivity index (χ1) is 12.3. The van der Waals surface area contributed by atoms with Crippen molar-refractivity contribution in [3.05, 3.63) is 35.1 Å². The molecular weight excluding hydrogens is 351 g/mol. The van der Waals surface area contributed by atoms with Crippen LogP contribution in [0.3, 0.4) is 0 Å². The van der Waals surface area contributed by atoms with Gasteiger partial charge >= 0.3 is 0 Å². The van der Waals surface area contributed by atoms with Crippen LogP contribution in [0.5, 0.6) is 0 Å². The second kappa shape index (κ2) is 7.83. The second-order valence-corrected chi connectivity index (χ2v) is 7.81. The number of alkyl halides is 2. The summed E-state index contributed by atoms with van der Waals surface area (Å²) in [5.41, 5.74) is -0.350. The zero-order valence-corrected chi connectivity index (χ0v) is 14.9. The minimum absolute atomic E-state index is 0.143. The Hall–Kier alpha value is -1.17. The van der Waals surface area contributed by atoms with Crippen molar-refractivity contribution in [3.8, 4) is 0 Å². The lowest BCUT2D eigenvalue weighted by Crippen LogP contribution is -2.41. The number of benzene rings is 1. The Bertz CT molecular complexity index is 602. The third kappa shape index (κ3) is 4.05. The van der Waals surface area contributed by atoms with Crippen molar-refractivity contribution >= 4 is 0 Å². The minimum atomic E-state index is -3.24. The third-order valence-electron chi connectivity index (χ3n) is 5.96. The quantitative estimate of drug-likeness (QED) is 0.435. The molecule has 1 aromatic carbocycles. The molecular formula is C20H25F5O. The van der Waals surface area contributed by atoms with Gasteiger partial charge in [-0.3, -0.25) is 0 Å². The van der Waals surface area contributed by atoms with E-state index in [0.29, 0.717) is 18.1 Å². The van der Waals surface area contributed by atoms with Gasteiger partial charge in [-0.05, 0) is 48.3 Å². The van der Waals surface area contributed by atoms with E-state index in [0.717, 1.165) is 32.1 Å². The molecule has 2 unspecified atom stereocenters. The summed E-state index contributed by atoms with van der Waals surface area (Å²) in [5.74, 6) is -7.20. The first kappa shape index (κ1) is 19.6. The van der Waals surface area contributed by atoms with Crippen molar-refractivity contribution in [1.29, 1.82) is 0 Å². The number of rotatable bonds is 4. The molecule has 0 N–H and O–H groups in total. The fourth-order valence-electron chi connectivity index (χ4n) is 4.58. The molecule has 6 heteroatoms. The fraction of sp³-hybridized carbons (Fsp3) is 0.700. The normalized spacial score (nSPS) is 31.8.